The third kappa shape index (κ3) is 4.29. The van der Waals surface area contributed by atoms with Crippen molar-refractivity contribution in [2.45, 2.75) is 19.8 Å². The van der Waals surface area contributed by atoms with Gasteiger partial charge in [0.2, 0.25) is 0 Å². The number of hydrogen-bond acceptors (Lipinski definition) is 3. The minimum absolute atomic E-state index is 0.253. The standard InChI is InChI=1S/C12H19ClN2O/c1-9(8-16)3-2-6-15-12-5-4-10(14)7-11(12)13/h4-5,7,9,15-16H,2-3,6,8,14H2,1H3. The molecule has 0 amide bonds. The first kappa shape index (κ1) is 13.1. The number of anilines is 2. The monoisotopic (exact) mass is 242 g/mol. The van der Waals surface area contributed by atoms with E-state index < -0.39 is 0 Å². The average molecular weight is 243 g/mol. The summed E-state index contributed by atoms with van der Waals surface area (Å²) in [6.45, 7) is 3.15. The molecule has 1 atom stereocenters. The molecule has 16 heavy (non-hydrogen) atoms. The summed E-state index contributed by atoms with van der Waals surface area (Å²) in [5.74, 6) is 0.365. The van der Waals surface area contributed by atoms with Gasteiger partial charge in [0, 0.05) is 18.8 Å². The van der Waals surface area contributed by atoms with Crippen LogP contribution in [0.3, 0.4) is 0 Å². The molecule has 90 valence electrons. The van der Waals surface area contributed by atoms with Crippen LogP contribution >= 0.6 is 11.6 Å². The van der Waals surface area contributed by atoms with E-state index in [1.165, 1.54) is 0 Å². The zero-order chi connectivity index (χ0) is 12.0. The second-order valence-electron chi connectivity index (χ2n) is 4.10. The number of aliphatic hydroxyl groups is 1. The highest BCUT2D eigenvalue weighted by molar-refractivity contribution is 6.33. The van der Waals surface area contributed by atoms with Gasteiger partial charge in [-0.3, -0.25) is 0 Å². The third-order valence-electron chi connectivity index (χ3n) is 2.49. The van der Waals surface area contributed by atoms with E-state index in [9.17, 15) is 0 Å². The summed E-state index contributed by atoms with van der Waals surface area (Å²) < 4.78 is 0. The second kappa shape index (κ2) is 6.61. The maximum Gasteiger partial charge on any atom is 0.0657 e. The van der Waals surface area contributed by atoms with Gasteiger partial charge in [-0.1, -0.05) is 18.5 Å². The maximum atomic E-state index is 8.87. The first-order valence-corrected chi connectivity index (χ1v) is 5.91. The van der Waals surface area contributed by atoms with Crippen LogP contribution in [-0.4, -0.2) is 18.3 Å². The number of nitrogen functional groups attached to an aromatic ring is 1. The zero-order valence-electron chi connectivity index (χ0n) is 9.54. The molecular weight excluding hydrogens is 224 g/mol. The Hall–Kier alpha value is -0.930. The number of hydrogen-bond donors (Lipinski definition) is 3. The molecule has 0 heterocycles. The van der Waals surface area contributed by atoms with Crippen molar-refractivity contribution < 1.29 is 5.11 Å². The molecule has 0 spiro atoms. The number of aliphatic hydroxyl groups excluding tert-OH is 1. The molecule has 0 saturated heterocycles. The average Bonchev–Trinajstić information content (AvgIpc) is 2.26. The van der Waals surface area contributed by atoms with Crippen LogP contribution in [0.2, 0.25) is 5.02 Å². The smallest absolute Gasteiger partial charge is 0.0657 e. The lowest BCUT2D eigenvalue weighted by Gasteiger charge is -2.10. The van der Waals surface area contributed by atoms with Gasteiger partial charge < -0.3 is 16.2 Å². The highest BCUT2D eigenvalue weighted by Gasteiger charge is 2.01. The van der Waals surface area contributed by atoms with Crippen LogP contribution in [0.25, 0.3) is 0 Å². The van der Waals surface area contributed by atoms with Gasteiger partial charge in [0.05, 0.1) is 10.7 Å². The molecule has 0 radical (unpaired) electrons. The summed E-state index contributed by atoms with van der Waals surface area (Å²) in [4.78, 5) is 0. The lowest BCUT2D eigenvalue weighted by atomic mass is 10.1. The Bertz CT molecular complexity index is 331. The molecule has 3 nitrogen and oxygen atoms in total. The SMILES string of the molecule is CC(CO)CCCNc1ccc(N)cc1Cl. The van der Waals surface area contributed by atoms with Crippen molar-refractivity contribution in [2.24, 2.45) is 5.92 Å². The highest BCUT2D eigenvalue weighted by atomic mass is 35.5. The number of nitrogens with one attached hydrogen (secondary N) is 1. The Kier molecular flexibility index (Phi) is 5.43. The molecule has 1 rings (SSSR count). The molecule has 0 aliphatic rings. The number of halogens is 1. The predicted molar refractivity (Wildman–Crippen MR) is 69.8 cm³/mol. The van der Waals surface area contributed by atoms with Crippen LogP contribution in [0.1, 0.15) is 19.8 Å². The van der Waals surface area contributed by atoms with Crippen molar-refractivity contribution >= 4 is 23.0 Å². The minimum atomic E-state index is 0.253. The molecule has 0 fully saturated rings. The van der Waals surface area contributed by atoms with Crippen molar-refractivity contribution in [1.82, 2.24) is 0 Å². The second-order valence-corrected chi connectivity index (χ2v) is 4.50. The number of rotatable bonds is 6. The van der Waals surface area contributed by atoms with Gasteiger partial charge in [0.15, 0.2) is 0 Å². The predicted octanol–water partition coefficient (Wildman–Crippen LogP) is 2.74. The molecular formula is C12H19ClN2O. The van der Waals surface area contributed by atoms with Crippen molar-refractivity contribution in [3.63, 3.8) is 0 Å². The van der Waals surface area contributed by atoms with Crippen LogP contribution in [-0.2, 0) is 0 Å². The molecule has 1 aromatic rings. The fourth-order valence-corrected chi connectivity index (χ4v) is 1.70. The fourth-order valence-electron chi connectivity index (χ4n) is 1.44. The first-order chi connectivity index (χ1) is 7.63. The summed E-state index contributed by atoms with van der Waals surface area (Å²) in [5, 5.41) is 12.8. The highest BCUT2D eigenvalue weighted by Crippen LogP contribution is 2.23. The summed E-state index contributed by atoms with van der Waals surface area (Å²) in [6.07, 6.45) is 2.03. The Balaban J connectivity index is 2.32. The molecule has 1 aromatic carbocycles. The Morgan fingerprint density at radius 1 is 1.50 bits per heavy atom. The van der Waals surface area contributed by atoms with Crippen molar-refractivity contribution in [3.05, 3.63) is 23.2 Å². The number of benzene rings is 1. The first-order valence-electron chi connectivity index (χ1n) is 5.53. The number of nitrogens with two attached hydrogens (primary N) is 1. The Labute approximate surface area is 102 Å². The van der Waals surface area contributed by atoms with Gasteiger partial charge in [-0.05, 0) is 37.0 Å². The van der Waals surface area contributed by atoms with E-state index >= 15 is 0 Å². The quantitative estimate of drug-likeness (QED) is 0.531. The van der Waals surface area contributed by atoms with Gasteiger partial charge in [0.25, 0.3) is 0 Å². The minimum Gasteiger partial charge on any atom is -0.399 e. The topological polar surface area (TPSA) is 58.3 Å². The molecule has 4 heteroatoms. The van der Waals surface area contributed by atoms with Gasteiger partial charge in [-0.25, -0.2) is 0 Å². The molecule has 1 unspecified atom stereocenters. The summed E-state index contributed by atoms with van der Waals surface area (Å²) in [7, 11) is 0. The van der Waals surface area contributed by atoms with Crippen LogP contribution in [0.5, 0.6) is 0 Å². The van der Waals surface area contributed by atoms with Crippen molar-refractivity contribution in [1.29, 1.82) is 0 Å². The summed E-state index contributed by atoms with van der Waals surface area (Å²) >= 11 is 6.02. The van der Waals surface area contributed by atoms with Crippen molar-refractivity contribution in [3.8, 4) is 0 Å². The van der Waals surface area contributed by atoms with E-state index in [1.54, 1.807) is 6.07 Å². The third-order valence-corrected chi connectivity index (χ3v) is 2.81. The van der Waals surface area contributed by atoms with Gasteiger partial charge in [-0.2, -0.15) is 0 Å². The largest absolute Gasteiger partial charge is 0.399 e. The maximum absolute atomic E-state index is 8.87. The lowest BCUT2D eigenvalue weighted by Crippen LogP contribution is -2.06. The molecule has 0 bridgehead atoms. The van der Waals surface area contributed by atoms with E-state index in [0.29, 0.717) is 16.6 Å². The normalized spacial score (nSPS) is 12.4. The van der Waals surface area contributed by atoms with Crippen molar-refractivity contribution in [2.75, 3.05) is 24.2 Å². The van der Waals surface area contributed by atoms with Crippen LogP contribution in [0, 0.1) is 5.92 Å². The molecule has 0 aliphatic heterocycles. The Morgan fingerprint density at radius 2 is 2.25 bits per heavy atom. The van der Waals surface area contributed by atoms with E-state index in [-0.39, 0.29) is 6.61 Å². The van der Waals surface area contributed by atoms with E-state index in [4.69, 9.17) is 22.4 Å². The summed E-state index contributed by atoms with van der Waals surface area (Å²) in [5.41, 5.74) is 7.18. The van der Waals surface area contributed by atoms with Crippen LogP contribution < -0.4 is 11.1 Å². The lowest BCUT2D eigenvalue weighted by molar-refractivity contribution is 0.229. The fraction of sp³-hybridized carbons (Fsp3) is 0.500. The zero-order valence-corrected chi connectivity index (χ0v) is 10.3. The van der Waals surface area contributed by atoms with Crippen LogP contribution in [0.15, 0.2) is 18.2 Å². The Morgan fingerprint density at radius 3 is 2.88 bits per heavy atom. The van der Waals surface area contributed by atoms with Gasteiger partial charge in [0.1, 0.15) is 0 Å². The molecule has 0 aromatic heterocycles. The van der Waals surface area contributed by atoms with E-state index in [0.717, 1.165) is 25.1 Å². The summed E-state index contributed by atoms with van der Waals surface area (Å²) in [6, 6.07) is 5.44. The molecule has 0 saturated carbocycles. The molecule has 0 aliphatic carbocycles. The van der Waals surface area contributed by atoms with Crippen LogP contribution in [0.4, 0.5) is 11.4 Å². The van der Waals surface area contributed by atoms with Gasteiger partial charge >= 0.3 is 0 Å². The van der Waals surface area contributed by atoms with E-state index in [1.807, 2.05) is 19.1 Å². The van der Waals surface area contributed by atoms with Gasteiger partial charge in [-0.15, -0.1) is 0 Å². The van der Waals surface area contributed by atoms with E-state index in [2.05, 4.69) is 5.32 Å². The molecule has 4 N–H and O–H groups in total.